The third-order valence-electron chi connectivity index (χ3n) is 3.08. The molecule has 104 valence electrons. The molecule has 0 radical (unpaired) electrons. The number of rotatable bonds is 7. The van der Waals surface area contributed by atoms with E-state index in [1.54, 1.807) is 0 Å². The van der Waals surface area contributed by atoms with Crippen LogP contribution >= 0.6 is 15.9 Å². The number of halogens is 1. The van der Waals surface area contributed by atoms with E-state index in [-0.39, 0.29) is 12.5 Å². The van der Waals surface area contributed by atoms with Crippen molar-refractivity contribution in [3.63, 3.8) is 0 Å². The van der Waals surface area contributed by atoms with Gasteiger partial charge in [-0.05, 0) is 55.5 Å². The highest BCUT2D eigenvalue weighted by atomic mass is 79.9. The SMILES string of the molecule is NCCc1cc(Br)ccc1OCC(=O)NCC1CC1. The minimum atomic E-state index is -0.0616. The number of hydrogen-bond donors (Lipinski definition) is 2. The summed E-state index contributed by atoms with van der Waals surface area (Å²) in [5.41, 5.74) is 6.59. The number of amides is 1. The lowest BCUT2D eigenvalue weighted by Crippen LogP contribution is -2.30. The van der Waals surface area contributed by atoms with Crippen molar-refractivity contribution in [1.82, 2.24) is 5.32 Å². The summed E-state index contributed by atoms with van der Waals surface area (Å²) >= 11 is 3.42. The predicted molar refractivity (Wildman–Crippen MR) is 78.1 cm³/mol. The Morgan fingerprint density at radius 3 is 2.95 bits per heavy atom. The van der Waals surface area contributed by atoms with Gasteiger partial charge in [-0.3, -0.25) is 4.79 Å². The summed E-state index contributed by atoms with van der Waals surface area (Å²) in [5.74, 6) is 1.35. The van der Waals surface area contributed by atoms with Gasteiger partial charge in [0, 0.05) is 11.0 Å². The first-order valence-electron chi connectivity index (χ1n) is 6.57. The molecule has 0 bridgehead atoms. The first kappa shape index (κ1) is 14.3. The Morgan fingerprint density at radius 2 is 2.26 bits per heavy atom. The highest BCUT2D eigenvalue weighted by Crippen LogP contribution is 2.27. The van der Waals surface area contributed by atoms with Gasteiger partial charge < -0.3 is 15.8 Å². The molecule has 0 saturated heterocycles. The second-order valence-electron chi connectivity index (χ2n) is 4.83. The summed E-state index contributed by atoms with van der Waals surface area (Å²) in [4.78, 5) is 11.6. The summed E-state index contributed by atoms with van der Waals surface area (Å²) in [5, 5.41) is 2.88. The number of carbonyl (C=O) groups is 1. The fourth-order valence-corrected chi connectivity index (χ4v) is 2.22. The second kappa shape index (κ2) is 6.91. The monoisotopic (exact) mass is 326 g/mol. The Morgan fingerprint density at radius 1 is 1.47 bits per heavy atom. The highest BCUT2D eigenvalue weighted by Gasteiger charge is 2.21. The topological polar surface area (TPSA) is 64.3 Å². The zero-order valence-corrected chi connectivity index (χ0v) is 12.4. The van der Waals surface area contributed by atoms with Crippen molar-refractivity contribution in [3.05, 3.63) is 28.2 Å². The van der Waals surface area contributed by atoms with Crippen molar-refractivity contribution >= 4 is 21.8 Å². The maximum absolute atomic E-state index is 11.6. The van der Waals surface area contributed by atoms with Gasteiger partial charge in [-0.15, -0.1) is 0 Å². The van der Waals surface area contributed by atoms with Crippen molar-refractivity contribution in [2.45, 2.75) is 19.3 Å². The maximum Gasteiger partial charge on any atom is 0.257 e. The van der Waals surface area contributed by atoms with E-state index in [0.29, 0.717) is 12.5 Å². The van der Waals surface area contributed by atoms with Crippen LogP contribution in [0.5, 0.6) is 5.75 Å². The van der Waals surface area contributed by atoms with E-state index in [2.05, 4.69) is 21.2 Å². The number of ether oxygens (including phenoxy) is 1. The predicted octanol–water partition coefficient (Wildman–Crippen LogP) is 1.86. The van der Waals surface area contributed by atoms with Gasteiger partial charge in [-0.25, -0.2) is 0 Å². The molecule has 0 atom stereocenters. The molecule has 1 amide bonds. The van der Waals surface area contributed by atoms with Gasteiger partial charge in [-0.1, -0.05) is 15.9 Å². The molecule has 1 aromatic carbocycles. The van der Waals surface area contributed by atoms with Crippen LogP contribution in [0.4, 0.5) is 0 Å². The molecule has 0 unspecified atom stereocenters. The zero-order valence-electron chi connectivity index (χ0n) is 10.8. The Bertz CT molecular complexity index is 447. The number of nitrogens with one attached hydrogen (secondary N) is 1. The molecule has 1 fully saturated rings. The van der Waals surface area contributed by atoms with Crippen LogP contribution in [0.25, 0.3) is 0 Å². The Balaban J connectivity index is 1.84. The third-order valence-corrected chi connectivity index (χ3v) is 3.57. The number of hydrogen-bond acceptors (Lipinski definition) is 3. The minimum absolute atomic E-state index is 0.0614. The fourth-order valence-electron chi connectivity index (χ4n) is 1.81. The second-order valence-corrected chi connectivity index (χ2v) is 5.74. The molecular weight excluding hydrogens is 308 g/mol. The van der Waals surface area contributed by atoms with E-state index in [1.165, 1.54) is 12.8 Å². The van der Waals surface area contributed by atoms with Crippen molar-refractivity contribution in [2.75, 3.05) is 19.7 Å². The van der Waals surface area contributed by atoms with E-state index in [9.17, 15) is 4.79 Å². The average Bonchev–Trinajstić information content (AvgIpc) is 3.20. The van der Waals surface area contributed by atoms with E-state index < -0.39 is 0 Å². The van der Waals surface area contributed by atoms with Gasteiger partial charge in [0.15, 0.2) is 6.61 Å². The molecule has 5 heteroatoms. The smallest absolute Gasteiger partial charge is 0.257 e. The Hall–Kier alpha value is -1.07. The van der Waals surface area contributed by atoms with Crippen LogP contribution in [-0.2, 0) is 11.2 Å². The molecular formula is C14H19BrN2O2. The molecule has 0 heterocycles. The van der Waals surface area contributed by atoms with Crippen LogP contribution < -0.4 is 15.8 Å². The van der Waals surface area contributed by atoms with Gasteiger partial charge in [0.05, 0.1) is 0 Å². The highest BCUT2D eigenvalue weighted by molar-refractivity contribution is 9.10. The quantitative estimate of drug-likeness (QED) is 0.803. The Labute approximate surface area is 121 Å². The molecule has 19 heavy (non-hydrogen) atoms. The van der Waals surface area contributed by atoms with Gasteiger partial charge >= 0.3 is 0 Å². The fraction of sp³-hybridized carbons (Fsp3) is 0.500. The lowest BCUT2D eigenvalue weighted by Gasteiger charge is -2.11. The van der Waals surface area contributed by atoms with Crippen LogP contribution in [0.1, 0.15) is 18.4 Å². The molecule has 3 N–H and O–H groups in total. The van der Waals surface area contributed by atoms with Crippen molar-refractivity contribution in [1.29, 1.82) is 0 Å². The zero-order chi connectivity index (χ0) is 13.7. The van der Waals surface area contributed by atoms with Crippen molar-refractivity contribution in [2.24, 2.45) is 11.7 Å². The third kappa shape index (κ3) is 4.84. The standard InChI is InChI=1S/C14H19BrN2O2/c15-12-3-4-13(11(7-12)5-6-16)19-9-14(18)17-8-10-1-2-10/h3-4,7,10H,1-2,5-6,8-9,16H2,(H,17,18). The largest absolute Gasteiger partial charge is 0.483 e. The summed E-state index contributed by atoms with van der Waals surface area (Å²) in [6.07, 6.45) is 3.20. The van der Waals surface area contributed by atoms with Crippen molar-refractivity contribution < 1.29 is 9.53 Å². The number of nitrogens with two attached hydrogens (primary N) is 1. The minimum Gasteiger partial charge on any atom is -0.483 e. The van der Waals surface area contributed by atoms with Gasteiger partial charge in [-0.2, -0.15) is 0 Å². The first-order chi connectivity index (χ1) is 9.19. The maximum atomic E-state index is 11.6. The summed E-state index contributed by atoms with van der Waals surface area (Å²) in [6.45, 7) is 1.39. The van der Waals surface area contributed by atoms with E-state index in [0.717, 1.165) is 28.8 Å². The molecule has 1 saturated carbocycles. The Kier molecular flexibility index (Phi) is 5.22. The van der Waals surface area contributed by atoms with E-state index >= 15 is 0 Å². The summed E-state index contributed by atoms with van der Waals surface area (Å²) in [7, 11) is 0. The molecule has 0 spiro atoms. The van der Waals surface area contributed by atoms with Crippen LogP contribution in [0.15, 0.2) is 22.7 Å². The van der Waals surface area contributed by atoms with Gasteiger partial charge in [0.25, 0.3) is 5.91 Å². The van der Waals surface area contributed by atoms with E-state index in [1.807, 2.05) is 18.2 Å². The summed E-state index contributed by atoms with van der Waals surface area (Å²) in [6, 6.07) is 5.74. The van der Waals surface area contributed by atoms with Crippen LogP contribution in [0.3, 0.4) is 0 Å². The van der Waals surface area contributed by atoms with E-state index in [4.69, 9.17) is 10.5 Å². The van der Waals surface area contributed by atoms with Crippen LogP contribution in [0.2, 0.25) is 0 Å². The summed E-state index contributed by atoms with van der Waals surface area (Å²) < 4.78 is 6.56. The van der Waals surface area contributed by atoms with Crippen LogP contribution in [0, 0.1) is 5.92 Å². The number of carbonyl (C=O) groups excluding carboxylic acids is 1. The lowest BCUT2D eigenvalue weighted by atomic mass is 10.1. The molecule has 1 aliphatic rings. The number of benzene rings is 1. The van der Waals surface area contributed by atoms with Gasteiger partial charge in [0.2, 0.25) is 0 Å². The molecule has 1 aliphatic carbocycles. The molecule has 0 aliphatic heterocycles. The normalized spacial score (nSPS) is 14.2. The first-order valence-corrected chi connectivity index (χ1v) is 7.36. The van der Waals surface area contributed by atoms with Crippen LogP contribution in [-0.4, -0.2) is 25.6 Å². The molecule has 1 aromatic rings. The molecule has 2 rings (SSSR count). The molecule has 0 aromatic heterocycles. The van der Waals surface area contributed by atoms with Crippen molar-refractivity contribution in [3.8, 4) is 5.75 Å². The lowest BCUT2D eigenvalue weighted by molar-refractivity contribution is -0.123. The molecule has 4 nitrogen and oxygen atoms in total. The average molecular weight is 327 g/mol. The van der Waals surface area contributed by atoms with Gasteiger partial charge in [0.1, 0.15) is 5.75 Å².